The van der Waals surface area contributed by atoms with Crippen molar-refractivity contribution in [1.82, 2.24) is 14.8 Å². The number of thiophene rings is 1. The number of thioether (sulfide) groups is 1. The minimum atomic E-state index is -0.393. The Morgan fingerprint density at radius 1 is 1.24 bits per heavy atom. The fourth-order valence-corrected chi connectivity index (χ4v) is 6.20. The van der Waals surface area contributed by atoms with Crippen molar-refractivity contribution in [2.45, 2.75) is 50.7 Å². The predicted octanol–water partition coefficient (Wildman–Crippen LogP) is 5.29. The van der Waals surface area contributed by atoms with E-state index in [1.54, 1.807) is 6.08 Å². The molecular formula is C25H28N4O3S2. The largest absolute Gasteiger partial charge is 0.465 e. The summed E-state index contributed by atoms with van der Waals surface area (Å²) < 4.78 is 6.99. The number of nitrogens with one attached hydrogen (secondary N) is 1. The summed E-state index contributed by atoms with van der Waals surface area (Å²) in [6, 6.07) is 8.00. The van der Waals surface area contributed by atoms with Crippen LogP contribution in [0.4, 0.5) is 5.00 Å². The molecule has 7 nitrogen and oxygen atoms in total. The minimum Gasteiger partial charge on any atom is -0.465 e. The number of benzene rings is 1. The maximum absolute atomic E-state index is 12.9. The van der Waals surface area contributed by atoms with Crippen molar-refractivity contribution >= 4 is 40.0 Å². The van der Waals surface area contributed by atoms with Gasteiger partial charge in [0, 0.05) is 17.0 Å². The first-order chi connectivity index (χ1) is 16.5. The molecule has 0 spiro atoms. The van der Waals surface area contributed by atoms with Gasteiger partial charge in [-0.05, 0) is 43.7 Å². The Morgan fingerprint density at radius 3 is 2.79 bits per heavy atom. The summed E-state index contributed by atoms with van der Waals surface area (Å²) in [6.45, 7) is 6.41. The lowest BCUT2D eigenvalue weighted by Crippen LogP contribution is -2.16. The molecular weight excluding hydrogens is 468 g/mol. The first-order valence-electron chi connectivity index (χ1n) is 11.3. The van der Waals surface area contributed by atoms with E-state index in [1.807, 2.05) is 35.8 Å². The summed E-state index contributed by atoms with van der Waals surface area (Å²) >= 11 is 2.81. The monoisotopic (exact) mass is 496 g/mol. The Morgan fingerprint density at radius 2 is 2.03 bits per heavy atom. The third-order valence-electron chi connectivity index (χ3n) is 5.81. The number of aromatic nitrogens is 3. The lowest BCUT2D eigenvalue weighted by Gasteiger charge is -2.10. The van der Waals surface area contributed by atoms with E-state index >= 15 is 0 Å². The average Bonchev–Trinajstić information content (AvgIpc) is 3.30. The van der Waals surface area contributed by atoms with Gasteiger partial charge in [-0.15, -0.1) is 28.1 Å². The number of rotatable bonds is 8. The van der Waals surface area contributed by atoms with Crippen molar-refractivity contribution in [3.05, 3.63) is 58.5 Å². The lowest BCUT2D eigenvalue weighted by molar-refractivity contribution is -0.113. The van der Waals surface area contributed by atoms with Gasteiger partial charge in [-0.3, -0.25) is 9.36 Å². The van der Waals surface area contributed by atoms with Crippen molar-refractivity contribution in [3.8, 4) is 11.4 Å². The molecule has 0 unspecified atom stereocenters. The number of aryl methyl sites for hydroxylation is 2. The van der Waals surface area contributed by atoms with Crippen LogP contribution < -0.4 is 5.32 Å². The highest BCUT2D eigenvalue weighted by Crippen LogP contribution is 2.38. The molecule has 1 aliphatic rings. The molecule has 0 atom stereocenters. The number of amides is 1. The fraction of sp³-hybridized carbons (Fsp3) is 0.360. The van der Waals surface area contributed by atoms with Crippen LogP contribution >= 0.6 is 23.1 Å². The van der Waals surface area contributed by atoms with Crippen molar-refractivity contribution in [2.24, 2.45) is 0 Å². The number of nitrogens with zero attached hydrogens (tertiary/aromatic N) is 3. The van der Waals surface area contributed by atoms with E-state index in [0.29, 0.717) is 22.3 Å². The maximum atomic E-state index is 12.9. The molecule has 4 rings (SSSR count). The van der Waals surface area contributed by atoms with E-state index in [2.05, 4.69) is 22.1 Å². The van der Waals surface area contributed by atoms with Gasteiger partial charge < -0.3 is 10.1 Å². The Balaban J connectivity index is 1.52. The van der Waals surface area contributed by atoms with Gasteiger partial charge in [0.2, 0.25) is 5.91 Å². The molecule has 1 amide bonds. The average molecular weight is 497 g/mol. The SMILES string of the molecule is C=CCn1c(SCC(=O)Nc2sc3c(c2C(=O)OC)CCCCC3)nnc1-c1ccccc1C. The highest BCUT2D eigenvalue weighted by atomic mass is 32.2. The number of allylic oxidation sites excluding steroid dienone is 1. The molecule has 3 aromatic rings. The predicted molar refractivity (Wildman–Crippen MR) is 137 cm³/mol. The van der Waals surface area contributed by atoms with Crippen LogP contribution in [0.1, 0.15) is 45.6 Å². The van der Waals surface area contributed by atoms with Crippen molar-refractivity contribution in [3.63, 3.8) is 0 Å². The molecule has 1 aromatic carbocycles. The van der Waals surface area contributed by atoms with Gasteiger partial charge in [-0.2, -0.15) is 0 Å². The number of hydrogen-bond acceptors (Lipinski definition) is 7. The van der Waals surface area contributed by atoms with Crippen LogP contribution in [0.5, 0.6) is 0 Å². The van der Waals surface area contributed by atoms with Crippen molar-refractivity contribution in [2.75, 3.05) is 18.2 Å². The number of hydrogen-bond donors (Lipinski definition) is 1. The van der Waals surface area contributed by atoms with Crippen LogP contribution in [0.15, 0.2) is 42.1 Å². The van der Waals surface area contributed by atoms with Crippen LogP contribution in [0, 0.1) is 6.92 Å². The van der Waals surface area contributed by atoms with E-state index in [4.69, 9.17) is 4.74 Å². The van der Waals surface area contributed by atoms with Gasteiger partial charge >= 0.3 is 5.97 Å². The second kappa shape index (κ2) is 11.0. The number of methoxy groups -OCH3 is 1. The Labute approximate surface area is 207 Å². The van der Waals surface area contributed by atoms with E-state index in [9.17, 15) is 9.59 Å². The van der Waals surface area contributed by atoms with Gasteiger partial charge in [-0.25, -0.2) is 4.79 Å². The van der Waals surface area contributed by atoms with Gasteiger partial charge in [0.05, 0.1) is 18.4 Å². The lowest BCUT2D eigenvalue weighted by atomic mass is 10.1. The molecule has 0 aliphatic heterocycles. The number of carbonyl (C=O) groups is 2. The van der Waals surface area contributed by atoms with Gasteiger partial charge in [0.25, 0.3) is 0 Å². The quantitative estimate of drug-likeness (QED) is 0.197. The maximum Gasteiger partial charge on any atom is 0.341 e. The third-order valence-corrected chi connectivity index (χ3v) is 7.98. The summed E-state index contributed by atoms with van der Waals surface area (Å²) in [5, 5.41) is 12.9. The topological polar surface area (TPSA) is 86.1 Å². The molecule has 0 saturated carbocycles. The second-order valence-corrected chi connectivity index (χ2v) is 10.2. The first-order valence-corrected chi connectivity index (χ1v) is 13.1. The molecule has 34 heavy (non-hydrogen) atoms. The summed E-state index contributed by atoms with van der Waals surface area (Å²) in [5.74, 6) is 0.302. The molecule has 0 bridgehead atoms. The number of ether oxygens (including phenoxy) is 1. The van der Waals surface area contributed by atoms with Crippen LogP contribution in [-0.2, 0) is 28.9 Å². The molecule has 178 valence electrons. The second-order valence-electron chi connectivity index (χ2n) is 8.12. The number of anilines is 1. The summed E-state index contributed by atoms with van der Waals surface area (Å²) in [6.07, 6.45) is 6.85. The summed E-state index contributed by atoms with van der Waals surface area (Å²) in [4.78, 5) is 26.6. The molecule has 0 fully saturated rings. The van der Waals surface area contributed by atoms with Gasteiger partial charge in [-0.1, -0.05) is 48.5 Å². The van der Waals surface area contributed by atoms with E-state index in [-0.39, 0.29) is 11.7 Å². The fourth-order valence-electron chi connectivity index (χ4n) is 4.15. The van der Waals surface area contributed by atoms with Crippen molar-refractivity contribution in [1.29, 1.82) is 0 Å². The molecule has 1 aliphatic carbocycles. The van der Waals surface area contributed by atoms with Crippen LogP contribution in [-0.4, -0.2) is 39.5 Å². The van der Waals surface area contributed by atoms with Crippen LogP contribution in [0.3, 0.4) is 0 Å². The third kappa shape index (κ3) is 5.10. The normalized spacial score (nSPS) is 13.1. The summed E-state index contributed by atoms with van der Waals surface area (Å²) in [5.41, 5.74) is 3.64. The van der Waals surface area contributed by atoms with E-state index in [1.165, 1.54) is 35.1 Å². The van der Waals surface area contributed by atoms with E-state index in [0.717, 1.165) is 54.6 Å². The van der Waals surface area contributed by atoms with Gasteiger partial charge in [0.1, 0.15) is 5.00 Å². The molecule has 9 heteroatoms. The van der Waals surface area contributed by atoms with Gasteiger partial charge in [0.15, 0.2) is 11.0 Å². The standard InChI is InChI=1S/C25H28N4O3S2/c1-4-14-29-22(17-11-9-8-10-16(17)2)27-28-25(29)33-15-20(30)26-23-21(24(31)32-3)18-12-6-5-7-13-19(18)34-23/h4,8-11H,1,5-7,12-15H2,2-3H3,(H,26,30). The highest BCUT2D eigenvalue weighted by molar-refractivity contribution is 7.99. The Bertz CT molecular complexity index is 1210. The smallest absolute Gasteiger partial charge is 0.341 e. The minimum absolute atomic E-state index is 0.145. The van der Waals surface area contributed by atoms with Crippen molar-refractivity contribution < 1.29 is 14.3 Å². The first kappa shape index (κ1) is 24.2. The van der Waals surface area contributed by atoms with E-state index < -0.39 is 5.97 Å². The number of carbonyl (C=O) groups excluding carboxylic acids is 2. The highest BCUT2D eigenvalue weighted by Gasteiger charge is 2.26. The Hall–Kier alpha value is -2.91. The summed E-state index contributed by atoms with van der Waals surface area (Å²) in [7, 11) is 1.38. The Kier molecular flexibility index (Phi) is 7.84. The molecule has 0 saturated heterocycles. The molecule has 2 aromatic heterocycles. The number of fused-ring (bicyclic) bond motifs is 1. The zero-order chi connectivity index (χ0) is 24.1. The molecule has 0 radical (unpaired) electrons. The zero-order valence-electron chi connectivity index (χ0n) is 19.4. The molecule has 1 N–H and O–H groups in total. The van der Waals surface area contributed by atoms with Crippen LogP contribution in [0.25, 0.3) is 11.4 Å². The van der Waals surface area contributed by atoms with Crippen LogP contribution in [0.2, 0.25) is 0 Å². The number of esters is 1. The molecule has 2 heterocycles. The zero-order valence-corrected chi connectivity index (χ0v) is 21.1.